The first kappa shape index (κ1) is 15.0. The first-order valence-electron chi connectivity index (χ1n) is 6.89. The van der Waals surface area contributed by atoms with E-state index in [0.717, 1.165) is 6.42 Å². The van der Waals surface area contributed by atoms with Gasteiger partial charge in [0.25, 0.3) is 0 Å². The molecule has 1 aliphatic carbocycles. The highest BCUT2D eigenvalue weighted by Crippen LogP contribution is 2.30. The Morgan fingerprint density at radius 2 is 1.78 bits per heavy atom. The van der Waals surface area contributed by atoms with Gasteiger partial charge in [-0.05, 0) is 12.3 Å². The van der Waals surface area contributed by atoms with Crippen molar-refractivity contribution in [3.8, 4) is 0 Å². The van der Waals surface area contributed by atoms with Crippen molar-refractivity contribution in [2.75, 3.05) is 13.6 Å². The van der Waals surface area contributed by atoms with Gasteiger partial charge in [-0.25, -0.2) is 0 Å². The van der Waals surface area contributed by atoms with Gasteiger partial charge in [0.05, 0.1) is 5.92 Å². The number of hydrogen-bond donors (Lipinski definition) is 1. The van der Waals surface area contributed by atoms with E-state index in [1.807, 2.05) is 6.92 Å². The average Bonchev–Trinajstić information content (AvgIpc) is 2.80. The minimum absolute atomic E-state index is 0.0131. The van der Waals surface area contributed by atoms with E-state index in [4.69, 9.17) is 5.11 Å². The molecule has 0 spiro atoms. The Hall–Kier alpha value is -1.06. The first-order chi connectivity index (χ1) is 8.41. The van der Waals surface area contributed by atoms with Gasteiger partial charge >= 0.3 is 5.97 Å². The fraction of sp³-hybridized carbons (Fsp3) is 0.857. The summed E-state index contributed by atoms with van der Waals surface area (Å²) in [4.78, 5) is 24.5. The van der Waals surface area contributed by atoms with Crippen LogP contribution in [0.2, 0.25) is 0 Å². The Morgan fingerprint density at radius 1 is 1.22 bits per heavy atom. The number of carbonyl (C=O) groups excluding carboxylic acids is 1. The fourth-order valence-electron chi connectivity index (χ4n) is 2.80. The molecule has 1 saturated carbocycles. The molecule has 0 aromatic rings. The average molecular weight is 255 g/mol. The number of hydrogen-bond acceptors (Lipinski definition) is 2. The van der Waals surface area contributed by atoms with Crippen LogP contribution in [0.5, 0.6) is 0 Å². The van der Waals surface area contributed by atoms with Crippen LogP contribution in [-0.2, 0) is 9.59 Å². The number of rotatable bonds is 6. The number of carbonyl (C=O) groups is 2. The van der Waals surface area contributed by atoms with Crippen LogP contribution < -0.4 is 0 Å². The summed E-state index contributed by atoms with van der Waals surface area (Å²) in [6, 6.07) is 0. The molecule has 104 valence electrons. The monoisotopic (exact) mass is 255 g/mol. The van der Waals surface area contributed by atoms with Crippen LogP contribution in [-0.4, -0.2) is 35.5 Å². The molecule has 0 aliphatic heterocycles. The molecule has 1 rings (SSSR count). The molecule has 1 fully saturated rings. The quantitative estimate of drug-likeness (QED) is 0.792. The van der Waals surface area contributed by atoms with Crippen molar-refractivity contribution in [2.45, 2.75) is 46.0 Å². The Balaban J connectivity index is 2.39. The molecule has 0 aromatic heterocycles. The first-order valence-corrected chi connectivity index (χ1v) is 6.89. The van der Waals surface area contributed by atoms with Crippen LogP contribution in [0.1, 0.15) is 46.0 Å². The molecule has 2 atom stereocenters. The Labute approximate surface area is 109 Å². The van der Waals surface area contributed by atoms with E-state index in [1.165, 1.54) is 25.7 Å². The summed E-state index contributed by atoms with van der Waals surface area (Å²) in [5, 5.41) is 8.84. The summed E-state index contributed by atoms with van der Waals surface area (Å²) >= 11 is 0. The highest BCUT2D eigenvalue weighted by molar-refractivity contribution is 5.79. The van der Waals surface area contributed by atoms with E-state index in [1.54, 1.807) is 18.9 Å². The van der Waals surface area contributed by atoms with Gasteiger partial charge in [-0.3, -0.25) is 9.59 Å². The number of aliphatic carboxylic acids is 1. The summed E-state index contributed by atoms with van der Waals surface area (Å²) in [5.74, 6) is -0.570. The molecule has 2 unspecified atom stereocenters. The molecule has 18 heavy (non-hydrogen) atoms. The second kappa shape index (κ2) is 6.76. The standard InChI is InChI=1S/C14H25NO3/c1-10(8-12-6-4-5-7-12)13(16)15(3)9-11(2)14(17)18/h10-12H,4-9H2,1-3H3,(H,17,18). The highest BCUT2D eigenvalue weighted by atomic mass is 16.4. The zero-order valence-corrected chi connectivity index (χ0v) is 11.7. The van der Waals surface area contributed by atoms with E-state index in [-0.39, 0.29) is 11.8 Å². The van der Waals surface area contributed by atoms with Crippen LogP contribution in [0.25, 0.3) is 0 Å². The van der Waals surface area contributed by atoms with Crippen LogP contribution in [0.4, 0.5) is 0 Å². The smallest absolute Gasteiger partial charge is 0.308 e. The number of carboxylic acids is 1. The maximum Gasteiger partial charge on any atom is 0.308 e. The lowest BCUT2D eigenvalue weighted by Gasteiger charge is -2.24. The topological polar surface area (TPSA) is 57.6 Å². The zero-order valence-electron chi connectivity index (χ0n) is 11.7. The van der Waals surface area contributed by atoms with Gasteiger partial charge < -0.3 is 10.0 Å². The van der Waals surface area contributed by atoms with Gasteiger partial charge in [0.15, 0.2) is 0 Å². The minimum atomic E-state index is -0.849. The summed E-state index contributed by atoms with van der Waals surface area (Å²) < 4.78 is 0. The van der Waals surface area contributed by atoms with Crippen molar-refractivity contribution >= 4 is 11.9 Å². The number of carboxylic acid groups (broad SMARTS) is 1. The molecule has 1 amide bonds. The lowest BCUT2D eigenvalue weighted by molar-refractivity contribution is -0.143. The fourth-order valence-corrected chi connectivity index (χ4v) is 2.80. The van der Waals surface area contributed by atoms with E-state index in [2.05, 4.69) is 0 Å². The number of amides is 1. The molecule has 1 aliphatic rings. The third-order valence-electron chi connectivity index (χ3n) is 3.93. The van der Waals surface area contributed by atoms with E-state index < -0.39 is 11.9 Å². The molecule has 0 aromatic carbocycles. The van der Waals surface area contributed by atoms with Crippen molar-refractivity contribution in [3.63, 3.8) is 0 Å². The molecule has 0 bridgehead atoms. The van der Waals surface area contributed by atoms with Crippen molar-refractivity contribution < 1.29 is 14.7 Å². The van der Waals surface area contributed by atoms with Crippen LogP contribution in [0, 0.1) is 17.8 Å². The molecule has 0 radical (unpaired) electrons. The van der Waals surface area contributed by atoms with Gasteiger partial charge in [-0.1, -0.05) is 39.5 Å². The largest absolute Gasteiger partial charge is 0.481 e. The van der Waals surface area contributed by atoms with Crippen molar-refractivity contribution in [3.05, 3.63) is 0 Å². The molecule has 1 N–H and O–H groups in total. The molecule has 0 heterocycles. The van der Waals surface area contributed by atoms with Crippen molar-refractivity contribution in [2.24, 2.45) is 17.8 Å². The lowest BCUT2D eigenvalue weighted by atomic mass is 9.93. The second-order valence-electron chi connectivity index (χ2n) is 5.75. The Kier molecular flexibility index (Phi) is 5.63. The third-order valence-corrected chi connectivity index (χ3v) is 3.93. The summed E-state index contributed by atoms with van der Waals surface area (Å²) in [6.45, 7) is 3.89. The molecule has 0 saturated heterocycles. The summed E-state index contributed by atoms with van der Waals surface area (Å²) in [7, 11) is 1.70. The summed E-state index contributed by atoms with van der Waals surface area (Å²) in [5.41, 5.74) is 0. The van der Waals surface area contributed by atoms with Crippen molar-refractivity contribution in [1.29, 1.82) is 0 Å². The van der Waals surface area contributed by atoms with Crippen LogP contribution in [0.15, 0.2) is 0 Å². The maximum absolute atomic E-state index is 12.1. The van der Waals surface area contributed by atoms with Gasteiger partial charge in [0.2, 0.25) is 5.91 Å². The van der Waals surface area contributed by atoms with Crippen molar-refractivity contribution in [1.82, 2.24) is 4.90 Å². The van der Waals surface area contributed by atoms with Gasteiger partial charge in [-0.15, -0.1) is 0 Å². The van der Waals surface area contributed by atoms with Gasteiger partial charge in [0.1, 0.15) is 0 Å². The maximum atomic E-state index is 12.1. The SMILES string of the molecule is CC(CN(C)C(=O)C(C)CC1CCCC1)C(=O)O. The Morgan fingerprint density at radius 3 is 2.28 bits per heavy atom. The van der Waals surface area contributed by atoms with E-state index in [0.29, 0.717) is 12.5 Å². The van der Waals surface area contributed by atoms with Crippen LogP contribution in [0.3, 0.4) is 0 Å². The molecular weight excluding hydrogens is 230 g/mol. The number of nitrogens with zero attached hydrogens (tertiary/aromatic N) is 1. The second-order valence-corrected chi connectivity index (χ2v) is 5.75. The molecular formula is C14H25NO3. The Bertz CT molecular complexity index is 297. The minimum Gasteiger partial charge on any atom is -0.481 e. The lowest BCUT2D eigenvalue weighted by Crippen LogP contribution is -2.37. The van der Waals surface area contributed by atoms with E-state index in [9.17, 15) is 9.59 Å². The van der Waals surface area contributed by atoms with Gasteiger partial charge in [0, 0.05) is 19.5 Å². The van der Waals surface area contributed by atoms with Crippen LogP contribution >= 0.6 is 0 Å². The highest BCUT2D eigenvalue weighted by Gasteiger charge is 2.25. The van der Waals surface area contributed by atoms with E-state index >= 15 is 0 Å². The predicted molar refractivity (Wildman–Crippen MR) is 70.2 cm³/mol. The molecule has 4 heteroatoms. The third kappa shape index (κ3) is 4.31. The normalized spacial score (nSPS) is 19.5. The summed E-state index contributed by atoms with van der Waals surface area (Å²) in [6.07, 6.45) is 6.01. The van der Waals surface area contributed by atoms with Gasteiger partial charge in [-0.2, -0.15) is 0 Å². The zero-order chi connectivity index (χ0) is 13.7. The molecule has 4 nitrogen and oxygen atoms in total. The predicted octanol–water partition coefficient (Wildman–Crippen LogP) is 2.38.